The van der Waals surface area contributed by atoms with Gasteiger partial charge in [-0.25, -0.2) is 4.98 Å². The summed E-state index contributed by atoms with van der Waals surface area (Å²) < 4.78 is 7.19. The van der Waals surface area contributed by atoms with Crippen LogP contribution in [0.3, 0.4) is 0 Å². The lowest BCUT2D eigenvalue weighted by atomic mass is 10.0. The van der Waals surface area contributed by atoms with Crippen LogP contribution in [0.25, 0.3) is 11.5 Å². The van der Waals surface area contributed by atoms with Gasteiger partial charge in [0, 0.05) is 32.5 Å². The molecule has 0 unspecified atom stereocenters. The van der Waals surface area contributed by atoms with Crippen LogP contribution in [0.5, 0.6) is 0 Å². The quantitative estimate of drug-likeness (QED) is 0.733. The molecule has 1 fully saturated rings. The summed E-state index contributed by atoms with van der Waals surface area (Å²) in [6.45, 7) is 3.79. The predicted molar refractivity (Wildman–Crippen MR) is 89.5 cm³/mol. The van der Waals surface area contributed by atoms with Crippen LogP contribution in [0.1, 0.15) is 17.8 Å². The molecule has 7 nitrogen and oxygen atoms in total. The number of hydrogen-bond acceptors (Lipinski definition) is 6. The maximum Gasteiger partial charge on any atom is 0.261 e. The molecule has 0 radical (unpaired) electrons. The van der Waals surface area contributed by atoms with Gasteiger partial charge in [0.05, 0.1) is 11.8 Å². The van der Waals surface area contributed by atoms with Crippen LogP contribution in [0.15, 0.2) is 35.2 Å². The van der Waals surface area contributed by atoms with Gasteiger partial charge in [-0.2, -0.15) is 10.1 Å². The Balaban J connectivity index is 1.53. The SMILES string of the molecule is Cc1noc(-c2cccnc2N2CC[C@@H](Cc3cnn(C)c3)C2)n1. The van der Waals surface area contributed by atoms with E-state index in [1.54, 1.807) is 0 Å². The number of nitrogens with zero attached hydrogens (tertiary/aromatic N) is 6. The van der Waals surface area contributed by atoms with Crippen molar-refractivity contribution in [2.24, 2.45) is 13.0 Å². The molecule has 1 atom stereocenters. The fourth-order valence-corrected chi connectivity index (χ4v) is 3.32. The molecular weight excluding hydrogens is 304 g/mol. The second-order valence-corrected chi connectivity index (χ2v) is 6.35. The van der Waals surface area contributed by atoms with Gasteiger partial charge in [0.25, 0.3) is 5.89 Å². The fourth-order valence-electron chi connectivity index (χ4n) is 3.32. The molecule has 7 heteroatoms. The topological polar surface area (TPSA) is 72.9 Å². The standard InChI is InChI=1S/C17H20N6O/c1-12-20-17(24-21-12)15-4-3-6-18-16(15)23-7-5-13(11-23)8-14-9-19-22(2)10-14/h3-4,6,9-10,13H,5,7-8,11H2,1-2H3/t13-/m0/s1. The number of aryl methyl sites for hydroxylation is 2. The molecular formula is C17H20N6O. The summed E-state index contributed by atoms with van der Waals surface area (Å²) in [5, 5.41) is 8.15. The average molecular weight is 324 g/mol. The molecule has 4 rings (SSSR count). The second-order valence-electron chi connectivity index (χ2n) is 6.35. The van der Waals surface area contributed by atoms with Crippen LogP contribution in [0, 0.1) is 12.8 Å². The summed E-state index contributed by atoms with van der Waals surface area (Å²) in [4.78, 5) is 11.2. The van der Waals surface area contributed by atoms with Crippen molar-refractivity contribution in [3.63, 3.8) is 0 Å². The molecule has 3 aromatic heterocycles. The largest absolute Gasteiger partial charge is 0.356 e. The Hall–Kier alpha value is -2.70. The zero-order chi connectivity index (χ0) is 16.5. The highest BCUT2D eigenvalue weighted by atomic mass is 16.5. The lowest BCUT2D eigenvalue weighted by molar-refractivity contribution is 0.425. The van der Waals surface area contributed by atoms with Crippen molar-refractivity contribution in [1.82, 2.24) is 24.9 Å². The third kappa shape index (κ3) is 2.89. The van der Waals surface area contributed by atoms with E-state index in [2.05, 4.69) is 31.3 Å². The van der Waals surface area contributed by atoms with Crippen molar-refractivity contribution in [2.45, 2.75) is 19.8 Å². The first kappa shape index (κ1) is 14.9. The van der Waals surface area contributed by atoms with Crippen molar-refractivity contribution in [3.8, 4) is 11.5 Å². The zero-order valence-corrected chi connectivity index (χ0v) is 13.9. The molecule has 1 aliphatic heterocycles. The molecule has 0 aliphatic carbocycles. The first-order valence-electron chi connectivity index (χ1n) is 8.17. The van der Waals surface area contributed by atoms with Crippen LogP contribution in [-0.4, -0.2) is 38.0 Å². The Kier molecular flexibility index (Phi) is 3.76. The number of anilines is 1. The van der Waals surface area contributed by atoms with Gasteiger partial charge in [-0.3, -0.25) is 4.68 Å². The fraction of sp³-hybridized carbons (Fsp3) is 0.412. The number of rotatable bonds is 4. The van der Waals surface area contributed by atoms with Gasteiger partial charge in [-0.15, -0.1) is 0 Å². The van der Waals surface area contributed by atoms with Gasteiger partial charge in [-0.1, -0.05) is 5.16 Å². The first-order valence-corrected chi connectivity index (χ1v) is 8.17. The summed E-state index contributed by atoms with van der Waals surface area (Å²) in [5.41, 5.74) is 2.19. The van der Waals surface area contributed by atoms with Crippen molar-refractivity contribution < 1.29 is 4.52 Å². The number of hydrogen-bond donors (Lipinski definition) is 0. The van der Waals surface area contributed by atoms with Gasteiger partial charge in [0.15, 0.2) is 5.82 Å². The Morgan fingerprint density at radius 2 is 2.29 bits per heavy atom. The van der Waals surface area contributed by atoms with E-state index in [1.807, 2.05) is 43.2 Å². The van der Waals surface area contributed by atoms with Crippen LogP contribution in [0.4, 0.5) is 5.82 Å². The van der Waals surface area contributed by atoms with Crippen LogP contribution in [0.2, 0.25) is 0 Å². The summed E-state index contributed by atoms with van der Waals surface area (Å²) >= 11 is 0. The maximum atomic E-state index is 5.34. The Morgan fingerprint density at radius 3 is 3.04 bits per heavy atom. The van der Waals surface area contributed by atoms with Gasteiger partial charge >= 0.3 is 0 Å². The summed E-state index contributed by atoms with van der Waals surface area (Å²) in [6.07, 6.45) is 8.06. The van der Waals surface area contributed by atoms with Crippen LogP contribution >= 0.6 is 0 Å². The molecule has 1 saturated heterocycles. The van der Waals surface area contributed by atoms with E-state index in [0.717, 1.165) is 37.3 Å². The molecule has 0 aromatic carbocycles. The molecule has 3 aromatic rings. The van der Waals surface area contributed by atoms with E-state index in [9.17, 15) is 0 Å². The summed E-state index contributed by atoms with van der Waals surface area (Å²) in [5.74, 6) is 2.70. The van der Waals surface area contributed by atoms with E-state index in [1.165, 1.54) is 5.56 Å². The minimum Gasteiger partial charge on any atom is -0.356 e. The number of pyridine rings is 1. The van der Waals surface area contributed by atoms with Gasteiger partial charge in [0.1, 0.15) is 5.82 Å². The minimum atomic E-state index is 0.534. The average Bonchev–Trinajstić information content (AvgIpc) is 3.30. The molecule has 1 aliphatic rings. The maximum absolute atomic E-state index is 5.34. The lowest BCUT2D eigenvalue weighted by Gasteiger charge is -2.19. The first-order chi connectivity index (χ1) is 11.7. The highest BCUT2D eigenvalue weighted by Gasteiger charge is 2.27. The van der Waals surface area contributed by atoms with E-state index < -0.39 is 0 Å². The molecule has 0 spiro atoms. The van der Waals surface area contributed by atoms with Gasteiger partial charge in [-0.05, 0) is 43.4 Å². The molecule has 4 heterocycles. The predicted octanol–water partition coefficient (Wildman–Crippen LogP) is 2.24. The minimum absolute atomic E-state index is 0.534. The third-order valence-electron chi connectivity index (χ3n) is 4.41. The molecule has 24 heavy (non-hydrogen) atoms. The van der Waals surface area contributed by atoms with Crippen molar-refractivity contribution in [2.75, 3.05) is 18.0 Å². The molecule has 124 valence electrons. The van der Waals surface area contributed by atoms with Crippen LogP contribution < -0.4 is 4.90 Å². The van der Waals surface area contributed by atoms with Gasteiger partial charge in [0.2, 0.25) is 0 Å². The molecule has 0 bridgehead atoms. The molecule has 0 N–H and O–H groups in total. The normalized spacial score (nSPS) is 17.6. The van der Waals surface area contributed by atoms with Crippen molar-refractivity contribution in [1.29, 1.82) is 0 Å². The van der Waals surface area contributed by atoms with Crippen molar-refractivity contribution in [3.05, 3.63) is 42.1 Å². The van der Waals surface area contributed by atoms with E-state index in [4.69, 9.17) is 4.52 Å². The smallest absolute Gasteiger partial charge is 0.261 e. The Labute approximate surface area is 140 Å². The van der Waals surface area contributed by atoms with E-state index >= 15 is 0 Å². The highest BCUT2D eigenvalue weighted by molar-refractivity contribution is 5.70. The lowest BCUT2D eigenvalue weighted by Crippen LogP contribution is -2.22. The van der Waals surface area contributed by atoms with E-state index in [-0.39, 0.29) is 0 Å². The molecule has 0 saturated carbocycles. The monoisotopic (exact) mass is 324 g/mol. The van der Waals surface area contributed by atoms with Crippen molar-refractivity contribution >= 4 is 5.82 Å². The second kappa shape index (κ2) is 6.07. The molecule has 0 amide bonds. The Morgan fingerprint density at radius 1 is 1.38 bits per heavy atom. The van der Waals surface area contributed by atoms with E-state index in [0.29, 0.717) is 17.6 Å². The van der Waals surface area contributed by atoms with Gasteiger partial charge < -0.3 is 9.42 Å². The van der Waals surface area contributed by atoms with Crippen LogP contribution in [-0.2, 0) is 13.5 Å². The number of aromatic nitrogens is 5. The third-order valence-corrected chi connectivity index (χ3v) is 4.41. The highest BCUT2D eigenvalue weighted by Crippen LogP contribution is 2.32. The summed E-state index contributed by atoms with van der Waals surface area (Å²) in [7, 11) is 1.96. The summed E-state index contributed by atoms with van der Waals surface area (Å²) in [6, 6.07) is 3.89. The zero-order valence-electron chi connectivity index (χ0n) is 13.9. The Bertz CT molecular complexity index is 839.